The Labute approximate surface area is 431 Å². The highest BCUT2D eigenvalue weighted by Gasteiger charge is 2.36. The van der Waals surface area contributed by atoms with Crippen LogP contribution in [0.1, 0.15) is 44.5 Å². The number of hydrogen-bond donors (Lipinski definition) is 2. The van der Waals surface area contributed by atoms with E-state index in [1.165, 1.54) is 0 Å². The summed E-state index contributed by atoms with van der Waals surface area (Å²) in [5.41, 5.74) is 4.31. The molecule has 13 rings (SSSR count). The van der Waals surface area contributed by atoms with Gasteiger partial charge in [-0.25, -0.2) is 69.7 Å². The van der Waals surface area contributed by atoms with Crippen LogP contribution in [-0.4, -0.2) is 39.6 Å². The molecule has 17 heteroatoms. The van der Waals surface area contributed by atoms with Gasteiger partial charge in [-0.2, -0.15) is 0 Å². The zero-order chi connectivity index (χ0) is 52.8. The number of nitrogens with one attached hydrogen (secondary N) is 1. The summed E-state index contributed by atoms with van der Waals surface area (Å²) in [6, 6.07) is 46.0. The molecule has 0 amide bonds. The molecule has 0 fully saturated rings. The summed E-state index contributed by atoms with van der Waals surface area (Å²) >= 11 is 0. The van der Waals surface area contributed by atoms with E-state index in [0.29, 0.717) is 45.8 Å². The van der Waals surface area contributed by atoms with Gasteiger partial charge in [0.05, 0.1) is 21.9 Å². The molecular formula is C60H35F8N9. The number of halogens is 8. The fourth-order valence-electron chi connectivity index (χ4n) is 10.6. The van der Waals surface area contributed by atoms with Crippen LogP contribution >= 0.6 is 0 Å². The minimum Gasteiger partial charge on any atom is -0.336 e. The van der Waals surface area contributed by atoms with Gasteiger partial charge in [0.2, 0.25) is 0 Å². The van der Waals surface area contributed by atoms with Crippen LogP contribution in [0.5, 0.6) is 0 Å². The van der Waals surface area contributed by atoms with Gasteiger partial charge in [-0.3, -0.25) is 0 Å². The summed E-state index contributed by atoms with van der Waals surface area (Å²) in [6.45, 7) is 0. The third-order valence-corrected chi connectivity index (χ3v) is 14.1. The standard InChI is InChI=1S/C60H35F8N9/c61-45-41-42(46(62)50(66)49(45)65)58-74-57(41)73-56-40-38(28-32-21-11-4-12-22-32)36(26-30-17-7-2-8-18-30)35(25-29-15-5-1-6-16-29)37(27-31-19-9-3-10-20-31)39(40)55(72-56)71-53-33-23-13-14-24-34(33)54(70-53)75-59-43-44(60(76-58)77(59)69)48(64)52(68)51(67)47(43)63/h1-24H,25-28,69H2,(H,70,71,72,73,74,75,76). The normalized spacial score (nSPS) is 11.9. The van der Waals surface area contributed by atoms with Crippen molar-refractivity contribution in [2.75, 3.05) is 5.84 Å². The highest BCUT2D eigenvalue weighted by molar-refractivity contribution is 6.11. The molecule has 0 unspecified atom stereocenters. The Kier molecular flexibility index (Phi) is 11.2. The van der Waals surface area contributed by atoms with E-state index in [4.69, 9.17) is 20.8 Å². The van der Waals surface area contributed by atoms with Crippen LogP contribution in [0, 0.1) is 46.5 Å². The number of rotatable bonds is 8. The second-order valence-electron chi connectivity index (χ2n) is 18.7. The third-order valence-electron chi connectivity index (χ3n) is 14.1. The Hall–Kier alpha value is -9.64. The molecule has 3 aromatic heterocycles. The lowest BCUT2D eigenvalue weighted by atomic mass is 9.81. The number of benzene rings is 8. The van der Waals surface area contributed by atoms with Crippen molar-refractivity contribution in [2.24, 2.45) is 0 Å². The lowest BCUT2D eigenvalue weighted by Gasteiger charge is -2.22. The van der Waals surface area contributed by atoms with Gasteiger partial charge in [-0.1, -0.05) is 146 Å². The van der Waals surface area contributed by atoms with Crippen molar-refractivity contribution < 1.29 is 35.1 Å². The lowest BCUT2D eigenvalue weighted by molar-refractivity contribution is 0.412. The number of fused-ring (bicyclic) bond motifs is 20. The minimum atomic E-state index is -2.26. The van der Waals surface area contributed by atoms with Gasteiger partial charge in [0.15, 0.2) is 81.1 Å². The average Bonchev–Trinajstić information content (AvgIpc) is 4.40. The van der Waals surface area contributed by atoms with E-state index >= 15 is 35.1 Å². The van der Waals surface area contributed by atoms with Crippen LogP contribution in [0.15, 0.2) is 146 Å². The second-order valence-corrected chi connectivity index (χ2v) is 18.7. The molecule has 0 spiro atoms. The molecule has 0 radical (unpaired) electrons. The predicted octanol–water partition coefficient (Wildman–Crippen LogP) is 13.5. The zero-order valence-electron chi connectivity index (χ0n) is 39.9. The smallest absolute Gasteiger partial charge is 0.198 e. The van der Waals surface area contributed by atoms with E-state index in [-0.39, 0.29) is 29.4 Å². The maximum Gasteiger partial charge on any atom is 0.198 e. The minimum absolute atomic E-state index is 0.0245. The van der Waals surface area contributed by atoms with Crippen molar-refractivity contribution in [1.82, 2.24) is 39.6 Å². The maximum absolute atomic E-state index is 16.7. The first-order valence-electron chi connectivity index (χ1n) is 24.2. The van der Waals surface area contributed by atoms with Gasteiger partial charge in [0, 0.05) is 21.9 Å². The van der Waals surface area contributed by atoms with Gasteiger partial charge in [-0.15, -0.1) is 0 Å². The quantitative estimate of drug-likeness (QED) is 0.0672. The largest absolute Gasteiger partial charge is 0.336 e. The van der Waals surface area contributed by atoms with Gasteiger partial charge >= 0.3 is 0 Å². The molecular weight excluding hydrogens is 999 g/mol. The number of aromatic amines is 1. The number of H-pyrrole nitrogens is 1. The summed E-state index contributed by atoms with van der Waals surface area (Å²) in [6.07, 6.45) is 1.45. The molecule has 8 aromatic carbocycles. The van der Waals surface area contributed by atoms with Crippen molar-refractivity contribution in [1.29, 1.82) is 0 Å². The first-order valence-corrected chi connectivity index (χ1v) is 24.2. The fourth-order valence-corrected chi connectivity index (χ4v) is 10.6. The van der Waals surface area contributed by atoms with E-state index < -0.39 is 91.4 Å². The Morgan fingerprint density at radius 2 is 0.636 bits per heavy atom. The van der Waals surface area contributed by atoms with Gasteiger partial charge < -0.3 is 10.8 Å². The molecule has 77 heavy (non-hydrogen) atoms. The van der Waals surface area contributed by atoms with Crippen molar-refractivity contribution >= 4 is 44.1 Å². The molecule has 2 aliphatic heterocycles. The van der Waals surface area contributed by atoms with E-state index in [1.54, 1.807) is 24.3 Å². The first kappa shape index (κ1) is 47.1. The topological polar surface area (TPSA) is 124 Å². The molecule has 11 aromatic rings. The number of nitrogens with two attached hydrogens (primary N) is 1. The van der Waals surface area contributed by atoms with Gasteiger partial charge in [0.25, 0.3) is 0 Å². The van der Waals surface area contributed by atoms with E-state index in [0.717, 1.165) is 44.5 Å². The van der Waals surface area contributed by atoms with Crippen molar-refractivity contribution in [2.45, 2.75) is 25.7 Å². The third kappa shape index (κ3) is 7.67. The van der Waals surface area contributed by atoms with Crippen LogP contribution < -0.4 is 5.84 Å². The molecule has 376 valence electrons. The number of nitrogens with zero attached hydrogens (tertiary/aromatic N) is 7. The lowest BCUT2D eigenvalue weighted by Crippen LogP contribution is -2.09. The highest BCUT2D eigenvalue weighted by atomic mass is 19.2. The van der Waals surface area contributed by atoms with Crippen LogP contribution in [0.25, 0.3) is 89.7 Å². The Morgan fingerprint density at radius 1 is 0.325 bits per heavy atom. The monoisotopic (exact) mass is 1030 g/mol. The number of nitrogen functional groups attached to an aromatic ring is 1. The average molecular weight is 1030 g/mol. The number of aromatic nitrogens is 8. The molecule has 0 saturated heterocycles. The molecule has 9 nitrogen and oxygen atoms in total. The summed E-state index contributed by atoms with van der Waals surface area (Å²) in [4.78, 5) is 31.5. The number of hydrogen-bond acceptors (Lipinski definition) is 7. The van der Waals surface area contributed by atoms with E-state index in [9.17, 15) is 0 Å². The predicted molar refractivity (Wildman–Crippen MR) is 276 cm³/mol. The summed E-state index contributed by atoms with van der Waals surface area (Å²) in [5.74, 6) is -12.1. The molecule has 8 bridgehead atoms. The SMILES string of the molecule is Nn1c2nc3nc(nc4[nH]c(nc5nc(nc1c1c(F)c(F)c(F)c(F)c12)-c1c(F)c(F)c(F)c(F)c1-5)c1c(Cc2ccccc2)c(Cc2ccccc2)c(Cc2ccccc2)c(Cc2ccccc2)c41)-c1ccccc1-3. The van der Waals surface area contributed by atoms with Crippen molar-refractivity contribution in [3.05, 3.63) is 237 Å². The second kappa shape index (κ2) is 18.3. The van der Waals surface area contributed by atoms with Crippen molar-refractivity contribution in [3.8, 4) is 45.6 Å². The molecule has 2 aliphatic rings. The Balaban J connectivity index is 1.29. The fraction of sp³-hybridized carbons (Fsp3) is 0.0667. The molecule has 0 aliphatic carbocycles. The summed E-state index contributed by atoms with van der Waals surface area (Å²) in [5, 5.41) is -1.11. The molecule has 3 N–H and O–H groups in total. The van der Waals surface area contributed by atoms with Gasteiger partial charge in [-0.05, 0) is 70.2 Å². The van der Waals surface area contributed by atoms with Crippen molar-refractivity contribution in [3.63, 3.8) is 0 Å². The maximum atomic E-state index is 16.7. The van der Waals surface area contributed by atoms with Gasteiger partial charge in [0.1, 0.15) is 11.3 Å². The first-order chi connectivity index (χ1) is 37.4. The molecule has 5 heterocycles. The zero-order valence-corrected chi connectivity index (χ0v) is 39.9. The Bertz CT molecular complexity index is 4440. The molecule has 0 saturated carbocycles. The van der Waals surface area contributed by atoms with Crippen LogP contribution in [0.3, 0.4) is 0 Å². The molecule has 0 atom stereocenters. The summed E-state index contributed by atoms with van der Waals surface area (Å²) in [7, 11) is 0. The summed E-state index contributed by atoms with van der Waals surface area (Å²) < 4.78 is 128. The highest BCUT2D eigenvalue weighted by Crippen LogP contribution is 2.45. The van der Waals surface area contributed by atoms with Crippen LogP contribution in [-0.2, 0) is 25.7 Å². The van der Waals surface area contributed by atoms with E-state index in [1.807, 2.05) is 121 Å². The van der Waals surface area contributed by atoms with Crippen LogP contribution in [0.4, 0.5) is 35.1 Å². The Morgan fingerprint density at radius 3 is 1.05 bits per heavy atom. The van der Waals surface area contributed by atoms with Crippen LogP contribution in [0.2, 0.25) is 0 Å². The van der Waals surface area contributed by atoms with E-state index in [2.05, 4.69) is 19.9 Å².